The van der Waals surface area contributed by atoms with Crippen LogP contribution in [0, 0.1) is 5.92 Å². The number of esters is 2. The summed E-state index contributed by atoms with van der Waals surface area (Å²) in [4.78, 5) is 23.1. The first kappa shape index (κ1) is 17.6. The third-order valence-electron chi connectivity index (χ3n) is 2.50. The number of hydrogen-bond acceptors (Lipinski definition) is 6. The van der Waals surface area contributed by atoms with Gasteiger partial charge >= 0.3 is 11.9 Å². The van der Waals surface area contributed by atoms with E-state index in [1.807, 2.05) is 13.8 Å². The van der Waals surface area contributed by atoms with Crippen LogP contribution in [0.1, 0.15) is 13.8 Å². The largest absolute Gasteiger partial charge is 0.493 e. The van der Waals surface area contributed by atoms with Crippen molar-refractivity contribution in [2.75, 3.05) is 20.8 Å². The van der Waals surface area contributed by atoms with Crippen LogP contribution >= 0.6 is 0 Å². The van der Waals surface area contributed by atoms with E-state index in [0.717, 1.165) is 12.2 Å². The van der Waals surface area contributed by atoms with Crippen LogP contribution in [0.2, 0.25) is 0 Å². The molecule has 0 aliphatic heterocycles. The van der Waals surface area contributed by atoms with E-state index in [1.54, 1.807) is 18.2 Å². The Morgan fingerprint density at radius 3 is 2.09 bits per heavy atom. The van der Waals surface area contributed by atoms with E-state index in [9.17, 15) is 9.59 Å². The van der Waals surface area contributed by atoms with Crippen LogP contribution in [0.25, 0.3) is 0 Å². The van der Waals surface area contributed by atoms with Gasteiger partial charge in [0.2, 0.25) is 5.75 Å². The zero-order chi connectivity index (χ0) is 16.5. The molecule has 0 unspecified atom stereocenters. The molecule has 0 atom stereocenters. The molecule has 0 bridgehead atoms. The molecule has 0 heterocycles. The zero-order valence-corrected chi connectivity index (χ0v) is 13.1. The van der Waals surface area contributed by atoms with E-state index < -0.39 is 11.9 Å². The van der Waals surface area contributed by atoms with E-state index in [2.05, 4.69) is 0 Å². The molecule has 1 aromatic carbocycles. The summed E-state index contributed by atoms with van der Waals surface area (Å²) >= 11 is 0. The maximum Gasteiger partial charge on any atom is 0.336 e. The minimum atomic E-state index is -0.732. The van der Waals surface area contributed by atoms with Gasteiger partial charge in [0, 0.05) is 12.2 Å². The van der Waals surface area contributed by atoms with Crippen molar-refractivity contribution in [1.82, 2.24) is 0 Å². The van der Waals surface area contributed by atoms with Gasteiger partial charge in [-0.3, -0.25) is 0 Å². The standard InChI is InChI=1S/C16H20O6/c1-11(2)10-21-14(17)8-9-15(18)22-16-12(19-3)6-5-7-13(16)20-4/h5-9,11H,10H2,1-4H3/b9-8+. The van der Waals surface area contributed by atoms with Crippen molar-refractivity contribution in [3.05, 3.63) is 30.4 Å². The summed E-state index contributed by atoms with van der Waals surface area (Å²) < 4.78 is 20.3. The summed E-state index contributed by atoms with van der Waals surface area (Å²) in [6.45, 7) is 4.12. The first-order chi connectivity index (χ1) is 10.5. The van der Waals surface area contributed by atoms with Crippen LogP contribution in [0.5, 0.6) is 17.2 Å². The smallest absolute Gasteiger partial charge is 0.336 e. The molecule has 0 aliphatic rings. The van der Waals surface area contributed by atoms with Gasteiger partial charge < -0.3 is 18.9 Å². The lowest BCUT2D eigenvalue weighted by molar-refractivity contribution is -0.139. The molecule has 0 saturated heterocycles. The minimum absolute atomic E-state index is 0.151. The molecule has 0 radical (unpaired) electrons. The van der Waals surface area contributed by atoms with E-state index in [1.165, 1.54) is 14.2 Å². The van der Waals surface area contributed by atoms with E-state index in [4.69, 9.17) is 18.9 Å². The van der Waals surface area contributed by atoms with Gasteiger partial charge in [0.1, 0.15) is 0 Å². The molecule has 6 nitrogen and oxygen atoms in total. The van der Waals surface area contributed by atoms with Crippen LogP contribution in [0.15, 0.2) is 30.4 Å². The average molecular weight is 308 g/mol. The van der Waals surface area contributed by atoms with Gasteiger partial charge in [-0.25, -0.2) is 9.59 Å². The summed E-state index contributed by atoms with van der Waals surface area (Å²) in [6, 6.07) is 4.96. The second-order valence-corrected chi connectivity index (χ2v) is 4.77. The highest BCUT2D eigenvalue weighted by Crippen LogP contribution is 2.36. The van der Waals surface area contributed by atoms with Crippen LogP contribution < -0.4 is 14.2 Å². The van der Waals surface area contributed by atoms with Crippen molar-refractivity contribution in [2.24, 2.45) is 5.92 Å². The highest BCUT2D eigenvalue weighted by molar-refractivity contribution is 5.93. The first-order valence-electron chi connectivity index (χ1n) is 6.75. The Hall–Kier alpha value is -2.50. The minimum Gasteiger partial charge on any atom is -0.493 e. The second kappa shape index (κ2) is 8.71. The quantitative estimate of drug-likeness (QED) is 0.437. The van der Waals surface area contributed by atoms with Crippen molar-refractivity contribution in [1.29, 1.82) is 0 Å². The number of ether oxygens (including phenoxy) is 4. The molecular weight excluding hydrogens is 288 g/mol. The van der Waals surface area contributed by atoms with Gasteiger partial charge in [-0.15, -0.1) is 0 Å². The molecule has 0 aliphatic carbocycles. The third kappa shape index (κ3) is 5.47. The van der Waals surface area contributed by atoms with Crippen LogP contribution in [0.3, 0.4) is 0 Å². The molecule has 0 fully saturated rings. The van der Waals surface area contributed by atoms with Gasteiger partial charge in [-0.05, 0) is 18.1 Å². The summed E-state index contributed by atoms with van der Waals surface area (Å²) in [5.41, 5.74) is 0. The van der Waals surface area contributed by atoms with Gasteiger partial charge in [0.25, 0.3) is 0 Å². The molecule has 0 N–H and O–H groups in total. The molecule has 6 heteroatoms. The van der Waals surface area contributed by atoms with Crippen LogP contribution in [-0.4, -0.2) is 32.8 Å². The lowest BCUT2D eigenvalue weighted by Gasteiger charge is -2.11. The molecule has 120 valence electrons. The van der Waals surface area contributed by atoms with Gasteiger partial charge in [-0.1, -0.05) is 19.9 Å². The Balaban J connectivity index is 2.71. The predicted molar refractivity (Wildman–Crippen MR) is 80.1 cm³/mol. The Labute approximate surface area is 129 Å². The summed E-state index contributed by atoms with van der Waals surface area (Å²) in [6.07, 6.45) is 2.02. The number of rotatable bonds is 7. The molecule has 0 aromatic heterocycles. The molecule has 0 saturated carbocycles. The van der Waals surface area contributed by atoms with Crippen molar-refractivity contribution in [2.45, 2.75) is 13.8 Å². The third-order valence-corrected chi connectivity index (χ3v) is 2.50. The fraction of sp³-hybridized carbons (Fsp3) is 0.375. The predicted octanol–water partition coefficient (Wildman–Crippen LogP) is 2.36. The first-order valence-corrected chi connectivity index (χ1v) is 6.75. The highest BCUT2D eigenvalue weighted by atomic mass is 16.6. The maximum absolute atomic E-state index is 11.8. The Morgan fingerprint density at radius 2 is 1.59 bits per heavy atom. The van der Waals surface area contributed by atoms with Crippen molar-refractivity contribution < 1.29 is 28.5 Å². The number of benzene rings is 1. The average Bonchev–Trinajstić information content (AvgIpc) is 2.51. The Kier molecular flexibility index (Phi) is 6.95. The van der Waals surface area contributed by atoms with E-state index in [0.29, 0.717) is 18.1 Å². The molecule has 22 heavy (non-hydrogen) atoms. The normalized spacial score (nSPS) is 10.6. The Morgan fingerprint density at radius 1 is 1.05 bits per heavy atom. The van der Waals surface area contributed by atoms with E-state index >= 15 is 0 Å². The fourth-order valence-electron chi connectivity index (χ4n) is 1.49. The number of carbonyl (C=O) groups excluding carboxylic acids is 2. The number of carbonyl (C=O) groups is 2. The van der Waals surface area contributed by atoms with Gasteiger partial charge in [0.05, 0.1) is 20.8 Å². The zero-order valence-electron chi connectivity index (χ0n) is 13.1. The topological polar surface area (TPSA) is 71.1 Å². The lowest BCUT2D eigenvalue weighted by Crippen LogP contribution is -2.10. The Bertz CT molecular complexity index is 525. The second-order valence-electron chi connectivity index (χ2n) is 4.77. The van der Waals surface area contributed by atoms with Crippen molar-refractivity contribution >= 4 is 11.9 Å². The number of hydrogen-bond donors (Lipinski definition) is 0. The van der Waals surface area contributed by atoms with Gasteiger partial charge in [-0.2, -0.15) is 0 Å². The monoisotopic (exact) mass is 308 g/mol. The lowest BCUT2D eigenvalue weighted by atomic mass is 10.2. The molecule has 0 amide bonds. The van der Waals surface area contributed by atoms with Gasteiger partial charge in [0.15, 0.2) is 11.5 Å². The van der Waals surface area contributed by atoms with E-state index in [-0.39, 0.29) is 11.7 Å². The van der Waals surface area contributed by atoms with Crippen LogP contribution in [0.4, 0.5) is 0 Å². The molecule has 1 rings (SSSR count). The summed E-state index contributed by atoms with van der Waals surface area (Å²) in [5.74, 6) is -0.256. The highest BCUT2D eigenvalue weighted by Gasteiger charge is 2.14. The van der Waals surface area contributed by atoms with Crippen molar-refractivity contribution in [3.8, 4) is 17.2 Å². The summed E-state index contributed by atoms with van der Waals surface area (Å²) in [7, 11) is 2.90. The maximum atomic E-state index is 11.8. The number of para-hydroxylation sites is 1. The number of methoxy groups -OCH3 is 2. The molecule has 1 aromatic rings. The van der Waals surface area contributed by atoms with Crippen molar-refractivity contribution in [3.63, 3.8) is 0 Å². The fourth-order valence-corrected chi connectivity index (χ4v) is 1.49. The molecular formula is C16H20O6. The summed E-state index contributed by atoms with van der Waals surface area (Å²) in [5, 5.41) is 0. The SMILES string of the molecule is COc1cccc(OC)c1OC(=O)/C=C/C(=O)OCC(C)C. The molecule has 0 spiro atoms. The van der Waals surface area contributed by atoms with Crippen LogP contribution in [-0.2, 0) is 14.3 Å².